The summed E-state index contributed by atoms with van der Waals surface area (Å²) in [6.45, 7) is 2.01. The molecule has 2 aromatic carbocycles. The SMILES string of the molecule is Cc1cccc(C=N[C@H](C(N)=O)c2ccccc2)c1. The molecule has 0 fully saturated rings. The molecular weight excluding hydrogens is 236 g/mol. The summed E-state index contributed by atoms with van der Waals surface area (Å²) in [6.07, 6.45) is 1.69. The monoisotopic (exact) mass is 252 g/mol. The highest BCUT2D eigenvalue weighted by atomic mass is 16.1. The molecule has 0 aliphatic rings. The van der Waals surface area contributed by atoms with Crippen molar-refractivity contribution >= 4 is 12.1 Å². The van der Waals surface area contributed by atoms with E-state index in [2.05, 4.69) is 4.99 Å². The predicted molar refractivity (Wildman–Crippen MR) is 77.2 cm³/mol. The van der Waals surface area contributed by atoms with Gasteiger partial charge in [0.05, 0.1) is 0 Å². The van der Waals surface area contributed by atoms with Crippen molar-refractivity contribution in [3.63, 3.8) is 0 Å². The summed E-state index contributed by atoms with van der Waals surface area (Å²) < 4.78 is 0. The largest absolute Gasteiger partial charge is 0.368 e. The molecule has 0 bridgehead atoms. The third kappa shape index (κ3) is 3.52. The average molecular weight is 252 g/mol. The van der Waals surface area contributed by atoms with Crippen LogP contribution in [-0.4, -0.2) is 12.1 Å². The fourth-order valence-corrected chi connectivity index (χ4v) is 1.87. The second-order valence-electron chi connectivity index (χ2n) is 4.41. The number of nitrogens with two attached hydrogens (primary N) is 1. The molecule has 0 aliphatic carbocycles. The highest BCUT2D eigenvalue weighted by Gasteiger charge is 2.14. The van der Waals surface area contributed by atoms with Gasteiger partial charge in [-0.15, -0.1) is 0 Å². The van der Waals surface area contributed by atoms with Crippen LogP contribution in [0.1, 0.15) is 22.7 Å². The minimum atomic E-state index is -0.637. The summed E-state index contributed by atoms with van der Waals surface area (Å²) in [6, 6.07) is 16.6. The molecule has 2 rings (SSSR count). The highest BCUT2D eigenvalue weighted by molar-refractivity contribution is 5.86. The van der Waals surface area contributed by atoms with Gasteiger partial charge in [0.1, 0.15) is 0 Å². The van der Waals surface area contributed by atoms with Crippen molar-refractivity contribution in [2.45, 2.75) is 13.0 Å². The smallest absolute Gasteiger partial charge is 0.246 e. The number of amides is 1. The molecule has 19 heavy (non-hydrogen) atoms. The van der Waals surface area contributed by atoms with Gasteiger partial charge < -0.3 is 5.73 Å². The first kappa shape index (κ1) is 13.0. The van der Waals surface area contributed by atoms with Crippen LogP contribution in [0.2, 0.25) is 0 Å². The molecule has 96 valence electrons. The third-order valence-corrected chi connectivity index (χ3v) is 2.80. The van der Waals surface area contributed by atoms with Crippen LogP contribution in [0, 0.1) is 6.92 Å². The van der Waals surface area contributed by atoms with E-state index in [1.54, 1.807) is 6.21 Å². The minimum absolute atomic E-state index is 0.449. The summed E-state index contributed by atoms with van der Waals surface area (Å²) in [4.78, 5) is 15.8. The number of hydrogen-bond acceptors (Lipinski definition) is 2. The van der Waals surface area contributed by atoms with Gasteiger partial charge in [0, 0.05) is 6.21 Å². The van der Waals surface area contributed by atoms with E-state index in [0.29, 0.717) is 0 Å². The van der Waals surface area contributed by atoms with Crippen LogP contribution >= 0.6 is 0 Å². The van der Waals surface area contributed by atoms with Gasteiger partial charge in [-0.2, -0.15) is 0 Å². The lowest BCUT2D eigenvalue weighted by atomic mass is 10.1. The first-order valence-electron chi connectivity index (χ1n) is 6.11. The number of hydrogen-bond donors (Lipinski definition) is 1. The van der Waals surface area contributed by atoms with Gasteiger partial charge in [-0.05, 0) is 18.1 Å². The highest BCUT2D eigenvalue weighted by Crippen LogP contribution is 2.16. The zero-order valence-corrected chi connectivity index (χ0v) is 10.8. The minimum Gasteiger partial charge on any atom is -0.368 e. The van der Waals surface area contributed by atoms with Crippen molar-refractivity contribution in [1.29, 1.82) is 0 Å². The van der Waals surface area contributed by atoms with Crippen molar-refractivity contribution < 1.29 is 4.79 Å². The topological polar surface area (TPSA) is 55.4 Å². The van der Waals surface area contributed by atoms with E-state index in [0.717, 1.165) is 16.7 Å². The first-order valence-corrected chi connectivity index (χ1v) is 6.11. The molecule has 3 nitrogen and oxygen atoms in total. The molecule has 0 heterocycles. The molecule has 0 aliphatic heterocycles. The van der Waals surface area contributed by atoms with Gasteiger partial charge in [-0.1, -0.05) is 60.2 Å². The van der Waals surface area contributed by atoms with Gasteiger partial charge in [0.25, 0.3) is 0 Å². The molecule has 3 heteroatoms. The van der Waals surface area contributed by atoms with Crippen molar-refractivity contribution in [1.82, 2.24) is 0 Å². The lowest BCUT2D eigenvalue weighted by Crippen LogP contribution is -2.20. The van der Waals surface area contributed by atoms with E-state index < -0.39 is 11.9 Å². The lowest BCUT2D eigenvalue weighted by Gasteiger charge is -2.08. The van der Waals surface area contributed by atoms with Crippen LogP contribution in [0.5, 0.6) is 0 Å². The number of carbonyl (C=O) groups excluding carboxylic acids is 1. The zero-order chi connectivity index (χ0) is 13.7. The van der Waals surface area contributed by atoms with Crippen molar-refractivity contribution in [2.75, 3.05) is 0 Å². The second-order valence-corrected chi connectivity index (χ2v) is 4.41. The molecular formula is C16H16N2O. The van der Waals surface area contributed by atoms with Gasteiger partial charge in [0.15, 0.2) is 6.04 Å². The van der Waals surface area contributed by atoms with Crippen LogP contribution in [-0.2, 0) is 4.79 Å². The zero-order valence-electron chi connectivity index (χ0n) is 10.8. The van der Waals surface area contributed by atoms with Crippen LogP contribution in [0.3, 0.4) is 0 Å². The Labute approximate surface area is 112 Å². The lowest BCUT2D eigenvalue weighted by molar-refractivity contribution is -0.119. The Morgan fingerprint density at radius 2 is 1.89 bits per heavy atom. The quantitative estimate of drug-likeness (QED) is 0.835. The Bertz CT molecular complexity index is 591. The predicted octanol–water partition coefficient (Wildman–Crippen LogP) is 2.64. The van der Waals surface area contributed by atoms with Crippen molar-refractivity contribution in [2.24, 2.45) is 10.7 Å². The van der Waals surface area contributed by atoms with Crippen molar-refractivity contribution in [3.8, 4) is 0 Å². The van der Waals surface area contributed by atoms with E-state index in [-0.39, 0.29) is 0 Å². The third-order valence-electron chi connectivity index (χ3n) is 2.80. The first-order chi connectivity index (χ1) is 9.16. The summed E-state index contributed by atoms with van der Waals surface area (Å²) in [7, 11) is 0. The van der Waals surface area contributed by atoms with Gasteiger partial charge >= 0.3 is 0 Å². The number of carbonyl (C=O) groups is 1. The number of nitrogens with zero attached hydrogens (tertiary/aromatic N) is 1. The van der Waals surface area contributed by atoms with Crippen LogP contribution in [0.25, 0.3) is 0 Å². The Hall–Kier alpha value is -2.42. The Morgan fingerprint density at radius 3 is 2.53 bits per heavy atom. The Kier molecular flexibility index (Phi) is 4.08. The number of primary amides is 1. The average Bonchev–Trinajstić information content (AvgIpc) is 2.40. The van der Waals surface area contributed by atoms with E-state index in [4.69, 9.17) is 5.73 Å². The number of benzene rings is 2. The molecule has 0 saturated heterocycles. The summed E-state index contributed by atoms with van der Waals surface area (Å²) >= 11 is 0. The molecule has 2 N–H and O–H groups in total. The van der Waals surface area contributed by atoms with Gasteiger partial charge in [-0.3, -0.25) is 9.79 Å². The Morgan fingerprint density at radius 1 is 1.16 bits per heavy atom. The second kappa shape index (κ2) is 5.96. The number of aliphatic imine (C=N–C) groups is 1. The van der Waals surface area contributed by atoms with Gasteiger partial charge in [-0.25, -0.2) is 0 Å². The van der Waals surface area contributed by atoms with E-state index in [9.17, 15) is 4.79 Å². The Balaban J connectivity index is 2.25. The standard InChI is InChI=1S/C16H16N2O/c1-12-6-5-7-13(10-12)11-18-15(16(17)19)14-8-3-2-4-9-14/h2-11,15H,1H3,(H2,17,19)/t15-/m0/s1. The molecule has 0 saturated carbocycles. The molecule has 0 radical (unpaired) electrons. The summed E-state index contributed by atoms with van der Waals surface area (Å²) in [5.41, 5.74) is 8.33. The van der Waals surface area contributed by atoms with Crippen LogP contribution in [0.15, 0.2) is 59.6 Å². The summed E-state index contributed by atoms with van der Waals surface area (Å²) in [5.74, 6) is -0.449. The van der Waals surface area contributed by atoms with E-state index >= 15 is 0 Å². The number of aryl methyl sites for hydroxylation is 1. The maximum Gasteiger partial charge on any atom is 0.246 e. The van der Waals surface area contributed by atoms with E-state index in [1.165, 1.54) is 0 Å². The molecule has 1 amide bonds. The van der Waals surface area contributed by atoms with Crippen LogP contribution in [0.4, 0.5) is 0 Å². The number of rotatable bonds is 4. The maximum absolute atomic E-state index is 11.5. The normalized spacial score (nSPS) is 12.5. The molecule has 0 spiro atoms. The van der Waals surface area contributed by atoms with Crippen LogP contribution < -0.4 is 5.73 Å². The van der Waals surface area contributed by atoms with Crippen molar-refractivity contribution in [3.05, 3.63) is 71.3 Å². The molecule has 0 aromatic heterocycles. The maximum atomic E-state index is 11.5. The van der Waals surface area contributed by atoms with Gasteiger partial charge in [0.2, 0.25) is 5.91 Å². The molecule has 1 atom stereocenters. The molecule has 2 aromatic rings. The summed E-state index contributed by atoms with van der Waals surface area (Å²) in [5, 5.41) is 0. The molecule has 0 unspecified atom stereocenters. The fraction of sp³-hybridized carbons (Fsp3) is 0.125. The fourth-order valence-electron chi connectivity index (χ4n) is 1.87. The van der Waals surface area contributed by atoms with E-state index in [1.807, 2.05) is 61.5 Å².